The fraction of sp³-hybridized carbons (Fsp3) is 0.500. The summed E-state index contributed by atoms with van der Waals surface area (Å²) in [5.41, 5.74) is 7.63. The van der Waals surface area contributed by atoms with Crippen molar-refractivity contribution < 1.29 is 9.59 Å². The molecule has 2 rings (SSSR count). The molecule has 1 atom stereocenters. The summed E-state index contributed by atoms with van der Waals surface area (Å²) in [6.07, 6.45) is 0.262. The summed E-state index contributed by atoms with van der Waals surface area (Å²) >= 11 is 1.25. The van der Waals surface area contributed by atoms with Gasteiger partial charge >= 0.3 is 0 Å². The minimum absolute atomic E-state index is 0.0156. The summed E-state index contributed by atoms with van der Waals surface area (Å²) in [6, 6.07) is -0.245. The highest BCUT2D eigenvalue weighted by atomic mass is 32.1. The van der Waals surface area contributed by atoms with E-state index in [-0.39, 0.29) is 24.2 Å². The minimum Gasteiger partial charge on any atom is -0.374 e. The summed E-state index contributed by atoms with van der Waals surface area (Å²) in [5, 5.41) is 15.9. The highest BCUT2D eigenvalue weighted by molar-refractivity contribution is 7.15. The van der Waals surface area contributed by atoms with Crippen molar-refractivity contribution in [1.29, 1.82) is 0 Å². The van der Waals surface area contributed by atoms with E-state index in [1.54, 1.807) is 11.6 Å². The monoisotopic (exact) mass is 336 g/mol. The molecule has 2 aromatic rings. The summed E-state index contributed by atoms with van der Waals surface area (Å²) in [6.45, 7) is 7.39. The number of carbonyl (C=O) groups is 2. The molecule has 0 aromatic carbocycles. The van der Waals surface area contributed by atoms with Crippen LogP contribution in [0.1, 0.15) is 53.1 Å². The van der Waals surface area contributed by atoms with Crippen LogP contribution in [-0.4, -0.2) is 31.7 Å². The van der Waals surface area contributed by atoms with Crippen LogP contribution in [0.15, 0.2) is 0 Å². The highest BCUT2D eigenvalue weighted by Crippen LogP contribution is 2.19. The molecule has 3 N–H and O–H groups in total. The van der Waals surface area contributed by atoms with Gasteiger partial charge in [0, 0.05) is 18.7 Å². The van der Waals surface area contributed by atoms with Gasteiger partial charge in [0.05, 0.1) is 17.3 Å². The molecule has 0 bridgehead atoms. The number of nitrogens with one attached hydrogen (secondary N) is 1. The van der Waals surface area contributed by atoms with Crippen LogP contribution in [0.2, 0.25) is 0 Å². The Balaban J connectivity index is 1.94. The van der Waals surface area contributed by atoms with Crippen LogP contribution in [-0.2, 0) is 11.3 Å². The zero-order chi connectivity index (χ0) is 17.1. The number of anilines is 1. The molecule has 0 spiro atoms. The van der Waals surface area contributed by atoms with Gasteiger partial charge in [-0.3, -0.25) is 14.3 Å². The Labute approximate surface area is 138 Å². The van der Waals surface area contributed by atoms with Crippen molar-refractivity contribution >= 4 is 28.2 Å². The number of aryl methyl sites for hydroxylation is 2. The fourth-order valence-electron chi connectivity index (χ4n) is 2.43. The lowest BCUT2D eigenvalue weighted by atomic mass is 10.1. The fourth-order valence-corrected chi connectivity index (χ4v) is 3.04. The van der Waals surface area contributed by atoms with Crippen molar-refractivity contribution in [2.24, 2.45) is 0 Å². The molecule has 0 saturated heterocycles. The Morgan fingerprint density at radius 2 is 2.04 bits per heavy atom. The van der Waals surface area contributed by atoms with Gasteiger partial charge in [0.15, 0.2) is 5.78 Å². The van der Waals surface area contributed by atoms with E-state index < -0.39 is 0 Å². The Bertz CT molecular complexity index is 736. The third-order valence-corrected chi connectivity index (χ3v) is 4.42. The third kappa shape index (κ3) is 3.92. The van der Waals surface area contributed by atoms with Crippen LogP contribution in [0.25, 0.3) is 0 Å². The summed E-state index contributed by atoms with van der Waals surface area (Å²) in [7, 11) is 0. The van der Waals surface area contributed by atoms with E-state index in [0.29, 0.717) is 27.9 Å². The van der Waals surface area contributed by atoms with Crippen molar-refractivity contribution in [2.75, 3.05) is 5.73 Å². The topological polar surface area (TPSA) is 116 Å². The molecule has 0 unspecified atom stereocenters. The number of nitrogens with two attached hydrogens (primary N) is 1. The molecule has 124 valence electrons. The second-order valence-electron chi connectivity index (χ2n) is 5.34. The number of nitrogens with zero attached hydrogens (tertiary/aromatic N) is 4. The van der Waals surface area contributed by atoms with E-state index in [1.165, 1.54) is 18.3 Å². The van der Waals surface area contributed by atoms with E-state index in [2.05, 4.69) is 20.6 Å². The van der Waals surface area contributed by atoms with Gasteiger partial charge in [-0.1, -0.05) is 11.3 Å². The Hall–Kier alpha value is -2.29. The first kappa shape index (κ1) is 17.1. The minimum atomic E-state index is -0.245. The standard InChI is InChI=1S/C14H20N6O2S/c1-7-12(10(4)21)9(3)20(19-7)6-5-11(22)16-8(2)13-17-18-14(15)23-13/h8H,5-6H2,1-4H3,(H2,15,18)(H,16,22)/t8-/m0/s1. The maximum Gasteiger partial charge on any atom is 0.222 e. The Kier molecular flexibility index (Phi) is 5.09. The lowest BCUT2D eigenvalue weighted by molar-refractivity contribution is -0.122. The number of rotatable bonds is 6. The number of nitrogen functional groups attached to an aromatic ring is 1. The van der Waals surface area contributed by atoms with Gasteiger partial charge in [0.2, 0.25) is 11.0 Å². The maximum atomic E-state index is 12.0. The number of ketones is 1. The Morgan fingerprint density at radius 1 is 1.35 bits per heavy atom. The van der Waals surface area contributed by atoms with Gasteiger partial charge in [-0.15, -0.1) is 10.2 Å². The molecule has 8 nitrogen and oxygen atoms in total. The van der Waals surface area contributed by atoms with Gasteiger partial charge in [-0.25, -0.2) is 0 Å². The summed E-state index contributed by atoms with van der Waals surface area (Å²) in [4.78, 5) is 23.6. The van der Waals surface area contributed by atoms with Gasteiger partial charge < -0.3 is 11.1 Å². The zero-order valence-electron chi connectivity index (χ0n) is 13.6. The van der Waals surface area contributed by atoms with Crippen molar-refractivity contribution in [3.8, 4) is 0 Å². The quantitative estimate of drug-likeness (QED) is 0.770. The Morgan fingerprint density at radius 3 is 2.57 bits per heavy atom. The number of aromatic nitrogens is 4. The predicted molar refractivity (Wildman–Crippen MR) is 87.2 cm³/mol. The second-order valence-corrected chi connectivity index (χ2v) is 6.38. The smallest absolute Gasteiger partial charge is 0.222 e. The zero-order valence-corrected chi connectivity index (χ0v) is 14.4. The number of hydrogen-bond acceptors (Lipinski definition) is 7. The van der Waals surface area contributed by atoms with Gasteiger partial charge in [-0.2, -0.15) is 5.10 Å². The van der Waals surface area contributed by atoms with Crippen LogP contribution < -0.4 is 11.1 Å². The first-order valence-electron chi connectivity index (χ1n) is 7.22. The molecule has 0 aliphatic heterocycles. The predicted octanol–water partition coefficient (Wildman–Crippen LogP) is 1.40. The normalized spacial score (nSPS) is 12.2. The van der Waals surface area contributed by atoms with E-state index >= 15 is 0 Å². The van der Waals surface area contributed by atoms with Crippen LogP contribution in [0.4, 0.5) is 5.13 Å². The van der Waals surface area contributed by atoms with E-state index in [1.807, 2.05) is 13.8 Å². The lowest BCUT2D eigenvalue weighted by Gasteiger charge is -2.11. The number of Topliss-reactive ketones (excluding diaryl/α,β-unsaturated/α-hetero) is 1. The molecule has 23 heavy (non-hydrogen) atoms. The molecule has 0 radical (unpaired) electrons. The first-order chi connectivity index (χ1) is 10.8. The highest BCUT2D eigenvalue weighted by Gasteiger charge is 2.17. The van der Waals surface area contributed by atoms with Crippen molar-refractivity contribution in [2.45, 2.75) is 46.7 Å². The average molecular weight is 336 g/mol. The molecule has 2 aromatic heterocycles. The molecule has 9 heteroatoms. The summed E-state index contributed by atoms with van der Waals surface area (Å²) < 4.78 is 1.69. The molecule has 1 amide bonds. The van der Waals surface area contributed by atoms with Crippen LogP contribution in [0, 0.1) is 13.8 Å². The number of amides is 1. The number of carbonyl (C=O) groups excluding carboxylic acids is 2. The van der Waals surface area contributed by atoms with Gasteiger partial charge in [0.1, 0.15) is 5.01 Å². The molecule has 2 heterocycles. The summed E-state index contributed by atoms with van der Waals surface area (Å²) in [5.74, 6) is -0.138. The molecule has 0 fully saturated rings. The van der Waals surface area contributed by atoms with Gasteiger partial charge in [-0.05, 0) is 27.7 Å². The van der Waals surface area contributed by atoms with Crippen LogP contribution >= 0.6 is 11.3 Å². The third-order valence-electron chi connectivity index (χ3n) is 3.49. The average Bonchev–Trinajstić information content (AvgIpc) is 3.00. The molecule has 0 aliphatic carbocycles. The van der Waals surface area contributed by atoms with E-state index in [4.69, 9.17) is 5.73 Å². The van der Waals surface area contributed by atoms with Crippen molar-refractivity contribution in [3.05, 3.63) is 22.0 Å². The largest absolute Gasteiger partial charge is 0.374 e. The van der Waals surface area contributed by atoms with E-state index in [0.717, 1.165) is 5.69 Å². The SMILES string of the molecule is CC(=O)c1c(C)nn(CCC(=O)N[C@@H](C)c2nnc(N)s2)c1C. The van der Waals surface area contributed by atoms with Crippen LogP contribution in [0.3, 0.4) is 0 Å². The first-order valence-corrected chi connectivity index (χ1v) is 8.04. The van der Waals surface area contributed by atoms with Crippen molar-refractivity contribution in [3.63, 3.8) is 0 Å². The maximum absolute atomic E-state index is 12.0. The molecule has 0 saturated carbocycles. The van der Waals surface area contributed by atoms with Crippen molar-refractivity contribution in [1.82, 2.24) is 25.3 Å². The van der Waals surface area contributed by atoms with E-state index in [9.17, 15) is 9.59 Å². The molecular weight excluding hydrogens is 316 g/mol. The molecule has 0 aliphatic rings. The number of hydrogen-bond donors (Lipinski definition) is 2. The van der Waals surface area contributed by atoms with Gasteiger partial charge in [0.25, 0.3) is 0 Å². The lowest BCUT2D eigenvalue weighted by Crippen LogP contribution is -2.27. The molecular formula is C14H20N6O2S. The second kappa shape index (κ2) is 6.86. The van der Waals surface area contributed by atoms with Crippen LogP contribution in [0.5, 0.6) is 0 Å².